The molecule has 51 heavy (non-hydrogen) atoms. The quantitative estimate of drug-likeness (QED) is 0.0831. The Morgan fingerprint density at radius 1 is 0.941 bits per heavy atom. The van der Waals surface area contributed by atoms with Crippen LogP contribution in [0.3, 0.4) is 0 Å². The fourth-order valence-corrected chi connectivity index (χ4v) is 5.37. The Bertz CT molecular complexity index is 2110. The lowest BCUT2D eigenvalue weighted by Gasteiger charge is -2.18. The number of amides is 2. The van der Waals surface area contributed by atoms with Crippen molar-refractivity contribution in [3.8, 4) is 17.0 Å². The number of ether oxygens (including phenoxy) is 1. The Labute approximate surface area is 299 Å². The van der Waals surface area contributed by atoms with Crippen LogP contribution < -0.4 is 21.1 Å². The van der Waals surface area contributed by atoms with Crippen molar-refractivity contribution in [1.82, 2.24) is 30.8 Å². The molecule has 2 amide bonds. The molecule has 16 heteroatoms. The predicted octanol–water partition coefficient (Wildman–Crippen LogP) is 7.84. The number of H-pyrrole nitrogens is 2. The molecule has 0 spiro atoms. The van der Waals surface area contributed by atoms with Gasteiger partial charge in [0.15, 0.2) is 5.82 Å². The first-order valence-corrected chi connectivity index (χ1v) is 16.0. The zero-order valence-electron chi connectivity index (χ0n) is 26.5. The maximum atomic E-state index is 13.3. The van der Waals surface area contributed by atoms with Crippen LogP contribution in [0.2, 0.25) is 10.2 Å². The van der Waals surface area contributed by atoms with Crippen molar-refractivity contribution in [3.05, 3.63) is 130 Å². The van der Waals surface area contributed by atoms with E-state index < -0.39 is 18.2 Å². The Kier molecular flexibility index (Phi) is 11.7. The van der Waals surface area contributed by atoms with Gasteiger partial charge in [-0.1, -0.05) is 89.9 Å². The van der Waals surface area contributed by atoms with Crippen LogP contribution in [0.1, 0.15) is 28.6 Å². The van der Waals surface area contributed by atoms with Crippen molar-refractivity contribution >= 4 is 51.9 Å². The lowest BCUT2D eigenvalue weighted by molar-refractivity contribution is -0.192. The molecular weight excluding hydrogens is 710 g/mol. The topological polar surface area (TPSA) is 171 Å². The number of carbonyl (C=O) groups is 2. The molecule has 1 atom stereocenters. The number of nitrogens with two attached hydrogens (primary N) is 1. The number of aromatic nitrogens is 4. The second-order valence-electron chi connectivity index (χ2n) is 11.1. The predicted molar refractivity (Wildman–Crippen MR) is 187 cm³/mol. The van der Waals surface area contributed by atoms with Crippen LogP contribution in [0.5, 0.6) is 5.75 Å². The number of hydrogen-bond donors (Lipinski definition) is 6. The third-order valence-electron chi connectivity index (χ3n) is 7.40. The van der Waals surface area contributed by atoms with E-state index in [-0.39, 0.29) is 12.6 Å². The van der Waals surface area contributed by atoms with Crippen molar-refractivity contribution in [2.45, 2.75) is 31.8 Å². The molecule has 6 aromatic rings. The van der Waals surface area contributed by atoms with Crippen molar-refractivity contribution in [3.63, 3.8) is 0 Å². The summed E-state index contributed by atoms with van der Waals surface area (Å²) in [6, 6.07) is 29.8. The third-order valence-corrected chi connectivity index (χ3v) is 7.91. The van der Waals surface area contributed by atoms with Gasteiger partial charge < -0.3 is 31.2 Å². The summed E-state index contributed by atoms with van der Waals surface area (Å²) in [5, 5.41) is 21.8. The number of rotatable bonds is 10. The summed E-state index contributed by atoms with van der Waals surface area (Å²) in [6.07, 6.45) is -4.60. The maximum Gasteiger partial charge on any atom is 0.490 e. The zero-order chi connectivity index (χ0) is 36.5. The van der Waals surface area contributed by atoms with E-state index in [1.54, 1.807) is 18.2 Å². The van der Waals surface area contributed by atoms with Crippen LogP contribution in [0.4, 0.5) is 23.8 Å². The Morgan fingerprint density at radius 3 is 2.27 bits per heavy atom. The van der Waals surface area contributed by atoms with E-state index in [4.69, 9.17) is 48.6 Å². The first-order valence-electron chi connectivity index (χ1n) is 15.2. The first-order chi connectivity index (χ1) is 24.4. The molecule has 0 aliphatic carbocycles. The van der Waals surface area contributed by atoms with Gasteiger partial charge in [0.2, 0.25) is 0 Å². The zero-order valence-corrected chi connectivity index (χ0v) is 28.0. The molecule has 4 aromatic carbocycles. The lowest BCUT2D eigenvalue weighted by atomic mass is 10.1. The highest BCUT2D eigenvalue weighted by Crippen LogP contribution is 2.31. The van der Waals surface area contributed by atoms with Gasteiger partial charge in [-0.25, -0.2) is 14.6 Å². The number of alkyl halides is 3. The molecule has 2 aromatic heterocycles. The number of benzene rings is 4. The first kappa shape index (κ1) is 36.5. The highest BCUT2D eigenvalue weighted by molar-refractivity contribution is 6.32. The van der Waals surface area contributed by atoms with Crippen LogP contribution in [0, 0.1) is 0 Å². The fourth-order valence-electron chi connectivity index (χ4n) is 4.93. The highest BCUT2D eigenvalue weighted by Gasteiger charge is 2.38. The van der Waals surface area contributed by atoms with Gasteiger partial charge in [-0.05, 0) is 47.9 Å². The van der Waals surface area contributed by atoms with E-state index in [0.29, 0.717) is 46.3 Å². The van der Waals surface area contributed by atoms with Gasteiger partial charge >= 0.3 is 18.2 Å². The maximum absolute atomic E-state index is 13.3. The van der Waals surface area contributed by atoms with Crippen molar-refractivity contribution < 1.29 is 32.6 Å². The summed E-state index contributed by atoms with van der Waals surface area (Å²) in [7, 11) is 0. The number of hydrogen-bond acceptors (Lipinski definition) is 6. The number of aromatic amines is 2. The number of nitrogen functional groups attached to an aromatic ring is 1. The number of nitrogens with zero attached hydrogens (tertiary/aromatic N) is 2. The number of fused-ring (bicyclic) bond motifs is 1. The molecule has 0 fully saturated rings. The largest absolute Gasteiger partial charge is 0.490 e. The average Bonchev–Trinajstić information content (AvgIpc) is 3.69. The SMILES string of the molecule is Nc1n[nH]c2cc(-c3nc([C@H](Cc4ccccc4)NC(=O)NCc4cc(Cl)ccc4OCc4ccccc4)[nH]c3Cl)ccc12.O=C(O)C(F)(F)F. The number of carbonyl (C=O) groups excluding carboxylic acids is 1. The summed E-state index contributed by atoms with van der Waals surface area (Å²) in [4.78, 5) is 30.2. The fraction of sp³-hybridized carbons (Fsp3) is 0.143. The molecule has 0 aliphatic heterocycles. The Morgan fingerprint density at radius 2 is 1.61 bits per heavy atom. The van der Waals surface area contributed by atoms with Gasteiger partial charge in [-0.2, -0.15) is 18.3 Å². The molecule has 7 N–H and O–H groups in total. The Balaban J connectivity index is 0.000000654. The minimum absolute atomic E-state index is 0.200. The van der Waals surface area contributed by atoms with Crippen LogP contribution >= 0.6 is 23.2 Å². The molecule has 264 valence electrons. The Hall–Kier alpha value is -5.73. The number of aliphatic carboxylic acids is 1. The standard InChI is InChI=1S/C33H29Cl2N7O2.C2HF3O2/c34-24-12-14-28(44-19-21-9-5-2-6-10-21)23(16-24)18-37-33(43)38-27(15-20-7-3-1-4-8-20)32-39-29(30(35)40-32)22-11-13-25-26(17-22)41-42-31(25)36;3-2(4,5)1(6)7/h1-14,16-17,27H,15,18-19H2,(H,39,40)(H3,36,41,42)(H2,37,38,43);(H,6,7)/t27-;/m0./s1. The monoisotopic (exact) mass is 739 g/mol. The van der Waals surface area contributed by atoms with E-state index in [9.17, 15) is 18.0 Å². The molecule has 0 aliphatic rings. The number of carboxylic acids is 1. The molecule has 0 saturated carbocycles. The normalized spacial score (nSPS) is 11.7. The van der Waals surface area contributed by atoms with Gasteiger partial charge in [-0.3, -0.25) is 5.10 Å². The van der Waals surface area contributed by atoms with Gasteiger partial charge in [-0.15, -0.1) is 0 Å². The second kappa shape index (κ2) is 16.3. The van der Waals surface area contributed by atoms with E-state index in [1.807, 2.05) is 78.9 Å². The number of urea groups is 1. The third kappa shape index (κ3) is 9.93. The summed E-state index contributed by atoms with van der Waals surface area (Å²) in [6.45, 7) is 0.592. The molecule has 0 unspecified atom stereocenters. The summed E-state index contributed by atoms with van der Waals surface area (Å²) in [5.41, 5.74) is 10.8. The minimum Gasteiger partial charge on any atom is -0.489 e. The number of anilines is 1. The van der Waals surface area contributed by atoms with E-state index >= 15 is 0 Å². The molecule has 6 rings (SSSR count). The molecule has 11 nitrogen and oxygen atoms in total. The van der Waals surface area contributed by atoms with E-state index in [0.717, 1.165) is 33.2 Å². The minimum atomic E-state index is -5.08. The van der Waals surface area contributed by atoms with Gasteiger partial charge in [0.05, 0.1) is 11.6 Å². The molecule has 2 heterocycles. The van der Waals surface area contributed by atoms with Gasteiger partial charge in [0, 0.05) is 28.1 Å². The highest BCUT2D eigenvalue weighted by atomic mass is 35.5. The molecular formula is C35H30Cl2F3N7O4. The molecule has 0 saturated heterocycles. The number of imidazole rings is 1. The summed E-state index contributed by atoms with van der Waals surface area (Å²) in [5.74, 6) is -1.18. The van der Waals surface area contributed by atoms with E-state index in [1.165, 1.54) is 0 Å². The van der Waals surface area contributed by atoms with Crippen molar-refractivity contribution in [1.29, 1.82) is 0 Å². The van der Waals surface area contributed by atoms with Gasteiger partial charge in [0.1, 0.15) is 29.0 Å². The average molecular weight is 741 g/mol. The van der Waals surface area contributed by atoms with Gasteiger partial charge in [0.25, 0.3) is 0 Å². The lowest BCUT2D eigenvalue weighted by Crippen LogP contribution is -2.38. The number of nitrogens with one attached hydrogen (secondary N) is 4. The summed E-state index contributed by atoms with van der Waals surface area (Å²) >= 11 is 12.9. The van der Waals surface area contributed by atoms with Crippen LogP contribution in [0.25, 0.3) is 22.2 Å². The molecule has 0 radical (unpaired) electrons. The number of halogens is 5. The van der Waals surface area contributed by atoms with E-state index in [2.05, 4.69) is 25.8 Å². The van der Waals surface area contributed by atoms with Crippen LogP contribution in [-0.2, 0) is 24.4 Å². The van der Waals surface area contributed by atoms with Crippen LogP contribution in [-0.4, -0.2) is 43.4 Å². The number of carboxylic acid groups (broad SMARTS) is 1. The summed E-state index contributed by atoms with van der Waals surface area (Å²) < 4.78 is 37.8. The van der Waals surface area contributed by atoms with Crippen molar-refractivity contribution in [2.24, 2.45) is 0 Å². The molecule has 0 bridgehead atoms. The second-order valence-corrected chi connectivity index (χ2v) is 11.9. The smallest absolute Gasteiger partial charge is 0.489 e. The van der Waals surface area contributed by atoms with Crippen molar-refractivity contribution in [2.75, 3.05) is 5.73 Å². The van der Waals surface area contributed by atoms with Crippen LogP contribution in [0.15, 0.2) is 97.1 Å².